The summed E-state index contributed by atoms with van der Waals surface area (Å²) < 4.78 is 0.560. The Morgan fingerprint density at radius 2 is 1.86 bits per heavy atom. The number of rotatable bonds is 1. The van der Waals surface area contributed by atoms with E-state index in [-0.39, 0.29) is 5.41 Å². The van der Waals surface area contributed by atoms with Gasteiger partial charge in [-0.25, -0.2) is 4.85 Å². The van der Waals surface area contributed by atoms with Crippen LogP contribution in [-0.2, 0) is 5.41 Å². The normalized spacial score (nSPS) is 10.8. The molecule has 0 amide bonds. The first kappa shape index (κ1) is 15.2. The number of nitrogens with zero attached hydrogens (tertiary/aromatic N) is 3. The van der Waals surface area contributed by atoms with E-state index in [1.54, 1.807) is 12.1 Å². The summed E-state index contributed by atoms with van der Waals surface area (Å²) in [4.78, 5) is 8.07. The SMILES string of the molecule is [C-]#[N+]c1c(-c2ccc(C#N)cc2)cc(C(C)(C)C)nc1Br. The summed E-state index contributed by atoms with van der Waals surface area (Å²) >= 11 is 3.40. The van der Waals surface area contributed by atoms with Gasteiger partial charge in [-0.05, 0) is 45.3 Å². The van der Waals surface area contributed by atoms with E-state index in [0.717, 1.165) is 16.8 Å². The molecule has 0 bridgehead atoms. The summed E-state index contributed by atoms with van der Waals surface area (Å²) in [6.07, 6.45) is 0. The fourth-order valence-corrected chi connectivity index (χ4v) is 2.44. The third kappa shape index (κ3) is 3.12. The van der Waals surface area contributed by atoms with Gasteiger partial charge in [0.15, 0.2) is 0 Å². The highest BCUT2D eigenvalue weighted by atomic mass is 79.9. The van der Waals surface area contributed by atoms with E-state index in [4.69, 9.17) is 11.8 Å². The van der Waals surface area contributed by atoms with Crippen LogP contribution in [0.15, 0.2) is 34.9 Å². The summed E-state index contributed by atoms with van der Waals surface area (Å²) in [6, 6.07) is 11.3. The Morgan fingerprint density at radius 1 is 1.24 bits per heavy atom. The molecular weight excluding hydrogens is 326 g/mol. The average molecular weight is 340 g/mol. The Labute approximate surface area is 133 Å². The van der Waals surface area contributed by atoms with Gasteiger partial charge in [0.2, 0.25) is 5.69 Å². The first-order valence-corrected chi connectivity index (χ1v) is 7.25. The largest absolute Gasteiger partial charge is 0.257 e. The highest BCUT2D eigenvalue weighted by Crippen LogP contribution is 2.38. The minimum Gasteiger partial charge on any atom is -0.257 e. The van der Waals surface area contributed by atoms with Gasteiger partial charge in [-0.2, -0.15) is 5.26 Å². The van der Waals surface area contributed by atoms with Gasteiger partial charge in [-0.3, -0.25) is 4.98 Å². The molecule has 0 N–H and O–H groups in total. The molecule has 21 heavy (non-hydrogen) atoms. The average Bonchev–Trinajstić information content (AvgIpc) is 2.45. The van der Waals surface area contributed by atoms with E-state index in [2.05, 4.69) is 52.6 Å². The summed E-state index contributed by atoms with van der Waals surface area (Å²) in [5.41, 5.74) is 3.65. The van der Waals surface area contributed by atoms with Crippen LogP contribution in [0.3, 0.4) is 0 Å². The van der Waals surface area contributed by atoms with Gasteiger partial charge in [0, 0.05) is 11.1 Å². The van der Waals surface area contributed by atoms with Crippen LogP contribution in [-0.4, -0.2) is 4.98 Å². The maximum atomic E-state index is 8.88. The molecule has 104 valence electrons. The van der Waals surface area contributed by atoms with Crippen molar-refractivity contribution in [3.05, 3.63) is 57.6 Å². The number of aromatic nitrogens is 1. The van der Waals surface area contributed by atoms with Crippen molar-refractivity contribution < 1.29 is 0 Å². The standard InChI is InChI=1S/C17H14BrN3/c1-17(2,3)14-9-13(15(20-4)16(18)21-14)12-7-5-11(10-19)6-8-12/h5-9H,1-3H3. The van der Waals surface area contributed by atoms with E-state index in [1.807, 2.05) is 18.2 Å². The Morgan fingerprint density at radius 3 is 2.33 bits per heavy atom. The summed E-state index contributed by atoms with van der Waals surface area (Å²) in [5.74, 6) is 0. The molecule has 3 nitrogen and oxygen atoms in total. The lowest BCUT2D eigenvalue weighted by Crippen LogP contribution is -2.13. The van der Waals surface area contributed by atoms with Crippen LogP contribution in [0.25, 0.3) is 16.0 Å². The maximum Gasteiger partial charge on any atom is 0.226 e. The highest BCUT2D eigenvalue weighted by Gasteiger charge is 2.20. The van der Waals surface area contributed by atoms with Crippen molar-refractivity contribution in [2.75, 3.05) is 0 Å². The van der Waals surface area contributed by atoms with E-state index in [1.165, 1.54) is 0 Å². The van der Waals surface area contributed by atoms with Gasteiger partial charge in [-0.1, -0.05) is 32.9 Å². The summed E-state index contributed by atoms with van der Waals surface area (Å²) in [5, 5.41) is 8.88. The molecule has 4 heteroatoms. The van der Waals surface area contributed by atoms with Gasteiger partial charge in [0.1, 0.15) is 4.60 Å². The van der Waals surface area contributed by atoms with Crippen LogP contribution in [0.2, 0.25) is 0 Å². The van der Waals surface area contributed by atoms with E-state index in [9.17, 15) is 0 Å². The van der Waals surface area contributed by atoms with Gasteiger partial charge in [0.25, 0.3) is 0 Å². The zero-order chi connectivity index (χ0) is 15.6. The smallest absolute Gasteiger partial charge is 0.226 e. The number of benzene rings is 1. The van der Waals surface area contributed by atoms with Gasteiger partial charge < -0.3 is 0 Å². The summed E-state index contributed by atoms with van der Waals surface area (Å²) in [6.45, 7) is 13.6. The Balaban J connectivity index is 2.68. The van der Waals surface area contributed by atoms with Crippen LogP contribution in [0, 0.1) is 17.9 Å². The van der Waals surface area contributed by atoms with Crippen molar-refractivity contribution in [3.8, 4) is 17.2 Å². The zero-order valence-electron chi connectivity index (χ0n) is 12.1. The fraction of sp³-hybridized carbons (Fsp3) is 0.235. The van der Waals surface area contributed by atoms with Gasteiger partial charge >= 0.3 is 0 Å². The highest BCUT2D eigenvalue weighted by molar-refractivity contribution is 9.10. The van der Waals surface area contributed by atoms with E-state index in [0.29, 0.717) is 15.9 Å². The molecule has 0 aliphatic rings. The summed E-state index contributed by atoms with van der Waals surface area (Å²) in [7, 11) is 0. The number of hydrogen-bond donors (Lipinski definition) is 0. The molecule has 0 atom stereocenters. The Hall–Kier alpha value is -2.17. The Kier molecular flexibility index (Phi) is 4.11. The van der Waals surface area contributed by atoms with Crippen molar-refractivity contribution in [2.45, 2.75) is 26.2 Å². The topological polar surface area (TPSA) is 41.0 Å². The second kappa shape index (κ2) is 5.68. The maximum absolute atomic E-state index is 8.88. The number of nitriles is 1. The number of halogens is 1. The van der Waals surface area contributed by atoms with Crippen molar-refractivity contribution in [1.29, 1.82) is 5.26 Å². The lowest BCUT2D eigenvalue weighted by Gasteiger charge is -2.20. The second-order valence-corrected chi connectivity index (χ2v) is 6.50. The van der Waals surface area contributed by atoms with Crippen molar-refractivity contribution >= 4 is 21.6 Å². The molecule has 0 aliphatic carbocycles. The predicted molar refractivity (Wildman–Crippen MR) is 87.1 cm³/mol. The third-order valence-electron chi connectivity index (χ3n) is 3.16. The molecule has 0 unspecified atom stereocenters. The van der Waals surface area contributed by atoms with Crippen LogP contribution in [0.1, 0.15) is 32.0 Å². The molecule has 0 fully saturated rings. The monoisotopic (exact) mass is 339 g/mol. The number of pyridine rings is 1. The fourth-order valence-electron chi connectivity index (χ4n) is 1.94. The molecule has 0 spiro atoms. The van der Waals surface area contributed by atoms with Crippen molar-refractivity contribution in [1.82, 2.24) is 4.98 Å². The molecule has 0 saturated carbocycles. The molecule has 0 radical (unpaired) electrons. The van der Waals surface area contributed by atoms with Gasteiger partial charge in [0.05, 0.1) is 18.2 Å². The Bertz CT molecular complexity index is 757. The van der Waals surface area contributed by atoms with Crippen LogP contribution in [0.5, 0.6) is 0 Å². The van der Waals surface area contributed by atoms with Crippen molar-refractivity contribution in [3.63, 3.8) is 0 Å². The minimum atomic E-state index is -0.107. The zero-order valence-corrected chi connectivity index (χ0v) is 13.7. The molecule has 0 saturated heterocycles. The quantitative estimate of drug-likeness (QED) is 0.527. The first-order valence-electron chi connectivity index (χ1n) is 6.46. The van der Waals surface area contributed by atoms with Crippen molar-refractivity contribution in [2.24, 2.45) is 0 Å². The van der Waals surface area contributed by atoms with Crippen LogP contribution < -0.4 is 0 Å². The van der Waals surface area contributed by atoms with Crippen LogP contribution >= 0.6 is 15.9 Å². The van der Waals surface area contributed by atoms with Crippen LogP contribution in [0.4, 0.5) is 5.69 Å². The van der Waals surface area contributed by atoms with E-state index >= 15 is 0 Å². The second-order valence-electron chi connectivity index (χ2n) is 5.75. The molecule has 1 heterocycles. The lowest BCUT2D eigenvalue weighted by atomic mass is 9.89. The molecule has 0 aliphatic heterocycles. The molecule has 2 rings (SSSR count). The predicted octanol–water partition coefficient (Wildman–Crippen LogP) is 5.23. The lowest BCUT2D eigenvalue weighted by molar-refractivity contribution is 0.568. The molecular formula is C17H14BrN3. The molecule has 2 aromatic rings. The first-order chi connectivity index (χ1) is 9.86. The number of hydrogen-bond acceptors (Lipinski definition) is 2. The molecule has 1 aromatic heterocycles. The van der Waals surface area contributed by atoms with E-state index < -0.39 is 0 Å². The molecule has 1 aromatic carbocycles. The third-order valence-corrected chi connectivity index (χ3v) is 3.71. The minimum absolute atomic E-state index is 0.107. The van der Waals surface area contributed by atoms with Gasteiger partial charge in [-0.15, -0.1) is 0 Å².